The number of amides is 1. The molecule has 2 heterocycles. The lowest BCUT2D eigenvalue weighted by Gasteiger charge is -2.55. The Morgan fingerprint density at radius 1 is 1.04 bits per heavy atom. The molecule has 4 fully saturated rings. The van der Waals surface area contributed by atoms with Crippen LogP contribution in [0.2, 0.25) is 0 Å². The fraction of sp³-hybridized carbons (Fsp3) is 0.571. The van der Waals surface area contributed by atoms with Gasteiger partial charge in [-0.2, -0.15) is 0 Å². The van der Waals surface area contributed by atoms with Gasteiger partial charge in [0.15, 0.2) is 11.5 Å². The molecule has 7 heteroatoms. The standard InChI is InChI=1S/C21H23N3O3S/c25-18(17-11-26-15-3-1-2-4-16(15)27-17)22-20-24-23-19(28-20)21-8-12-5-13(9-21)7-14(6-12)10-21/h1-4,12-14,17H,5-11H2,(H,22,24,25)/t12?,13?,14?,17-,21?/m0/s1. The van der Waals surface area contributed by atoms with E-state index < -0.39 is 6.10 Å². The number of nitrogens with one attached hydrogen (secondary N) is 1. The molecule has 4 bridgehead atoms. The Kier molecular flexibility index (Phi) is 3.70. The van der Waals surface area contributed by atoms with E-state index in [1.807, 2.05) is 24.3 Å². The van der Waals surface area contributed by atoms with E-state index >= 15 is 0 Å². The van der Waals surface area contributed by atoms with E-state index in [0.29, 0.717) is 16.6 Å². The fourth-order valence-electron chi connectivity index (χ4n) is 6.20. The smallest absolute Gasteiger partial charge is 0.270 e. The van der Waals surface area contributed by atoms with Crippen LogP contribution in [0.5, 0.6) is 11.5 Å². The second-order valence-corrected chi connectivity index (χ2v) is 9.94. The highest BCUT2D eigenvalue weighted by atomic mass is 32.1. The topological polar surface area (TPSA) is 73.3 Å². The maximum absolute atomic E-state index is 12.7. The maximum atomic E-state index is 12.7. The summed E-state index contributed by atoms with van der Waals surface area (Å²) in [6, 6.07) is 7.40. The van der Waals surface area contributed by atoms with E-state index in [0.717, 1.165) is 22.8 Å². The van der Waals surface area contributed by atoms with Crippen LogP contribution in [0.4, 0.5) is 5.13 Å². The summed E-state index contributed by atoms with van der Waals surface area (Å²) in [5.41, 5.74) is 0.207. The molecule has 4 saturated carbocycles. The van der Waals surface area contributed by atoms with Crippen LogP contribution in [-0.2, 0) is 10.2 Å². The summed E-state index contributed by atoms with van der Waals surface area (Å²) in [6.45, 7) is 0.198. The zero-order valence-electron chi connectivity index (χ0n) is 15.6. The summed E-state index contributed by atoms with van der Waals surface area (Å²) in [7, 11) is 0. The van der Waals surface area contributed by atoms with Gasteiger partial charge in [-0.3, -0.25) is 10.1 Å². The van der Waals surface area contributed by atoms with Crippen LogP contribution in [0.15, 0.2) is 24.3 Å². The quantitative estimate of drug-likeness (QED) is 0.853. The van der Waals surface area contributed by atoms with Gasteiger partial charge >= 0.3 is 0 Å². The number of nitrogens with zero attached hydrogens (tertiary/aromatic N) is 2. The number of aromatic nitrogens is 2. The minimum absolute atomic E-state index is 0.198. The van der Waals surface area contributed by atoms with Gasteiger partial charge in [-0.1, -0.05) is 23.5 Å². The van der Waals surface area contributed by atoms with E-state index in [-0.39, 0.29) is 17.9 Å². The van der Waals surface area contributed by atoms with Crippen molar-refractivity contribution in [3.8, 4) is 11.5 Å². The van der Waals surface area contributed by atoms with Gasteiger partial charge in [-0.05, 0) is 68.4 Å². The summed E-state index contributed by atoms with van der Waals surface area (Å²) in [5, 5.41) is 13.4. The predicted molar refractivity (Wildman–Crippen MR) is 105 cm³/mol. The van der Waals surface area contributed by atoms with Crippen molar-refractivity contribution in [1.29, 1.82) is 0 Å². The summed E-state index contributed by atoms with van der Waals surface area (Å²) < 4.78 is 11.4. The lowest BCUT2D eigenvalue weighted by Crippen LogP contribution is -2.48. The molecule has 1 aromatic carbocycles. The Morgan fingerprint density at radius 2 is 1.71 bits per heavy atom. The molecule has 1 amide bonds. The SMILES string of the molecule is O=C(Nc1nnc(C23CC4CC(CC(C4)C2)C3)s1)[C@@H]1COc2ccccc2O1. The number of anilines is 1. The molecule has 4 aliphatic carbocycles. The largest absolute Gasteiger partial charge is 0.485 e. The average Bonchev–Trinajstić information content (AvgIpc) is 3.16. The second kappa shape index (κ2) is 6.17. The van der Waals surface area contributed by atoms with Crippen molar-refractivity contribution in [3.63, 3.8) is 0 Å². The fourth-order valence-corrected chi connectivity index (χ4v) is 7.16. The monoisotopic (exact) mass is 397 g/mol. The van der Waals surface area contributed by atoms with Crippen molar-refractivity contribution in [2.45, 2.75) is 50.0 Å². The Balaban J connectivity index is 1.17. The van der Waals surface area contributed by atoms with Crippen LogP contribution in [0.3, 0.4) is 0 Å². The van der Waals surface area contributed by atoms with Crippen molar-refractivity contribution in [1.82, 2.24) is 10.2 Å². The highest BCUT2D eigenvalue weighted by Crippen LogP contribution is 2.61. The highest BCUT2D eigenvalue weighted by Gasteiger charge is 2.53. The number of carbonyl (C=O) groups excluding carboxylic acids is 1. The second-order valence-electron chi connectivity index (χ2n) is 8.96. The minimum atomic E-state index is -0.679. The number of fused-ring (bicyclic) bond motifs is 1. The Labute approximate surface area is 167 Å². The van der Waals surface area contributed by atoms with Gasteiger partial charge in [0.25, 0.3) is 5.91 Å². The first-order valence-corrected chi connectivity index (χ1v) is 11.0. The molecule has 2 aromatic rings. The van der Waals surface area contributed by atoms with Crippen LogP contribution in [0.1, 0.15) is 43.5 Å². The first kappa shape index (κ1) is 16.8. The normalized spacial score (nSPS) is 35.0. The number of benzene rings is 1. The van der Waals surface area contributed by atoms with Crippen LogP contribution in [-0.4, -0.2) is 28.8 Å². The zero-order chi connectivity index (χ0) is 18.7. The van der Waals surface area contributed by atoms with Crippen molar-refractivity contribution in [2.24, 2.45) is 17.8 Å². The number of hydrogen-bond acceptors (Lipinski definition) is 6. The molecule has 5 aliphatic rings. The van der Waals surface area contributed by atoms with Gasteiger partial charge in [0.1, 0.15) is 11.6 Å². The van der Waals surface area contributed by atoms with Gasteiger partial charge in [0.2, 0.25) is 11.2 Å². The van der Waals surface area contributed by atoms with Crippen molar-refractivity contribution < 1.29 is 14.3 Å². The van der Waals surface area contributed by atoms with Crippen molar-refractivity contribution >= 4 is 22.4 Å². The molecular weight excluding hydrogens is 374 g/mol. The average molecular weight is 398 g/mol. The number of ether oxygens (including phenoxy) is 2. The first-order chi connectivity index (χ1) is 13.7. The maximum Gasteiger partial charge on any atom is 0.270 e. The molecular formula is C21H23N3O3S. The molecule has 1 aromatic heterocycles. The van der Waals surface area contributed by atoms with Gasteiger partial charge in [-0.25, -0.2) is 0 Å². The van der Waals surface area contributed by atoms with E-state index in [9.17, 15) is 4.79 Å². The Morgan fingerprint density at radius 3 is 2.43 bits per heavy atom. The van der Waals surface area contributed by atoms with Crippen molar-refractivity contribution in [2.75, 3.05) is 11.9 Å². The number of carbonyl (C=O) groups is 1. The number of rotatable bonds is 3. The summed E-state index contributed by atoms with van der Waals surface area (Å²) in [5.74, 6) is 3.62. The first-order valence-electron chi connectivity index (χ1n) is 10.2. The molecule has 1 N–H and O–H groups in total. The third-order valence-electron chi connectivity index (χ3n) is 6.95. The van der Waals surface area contributed by atoms with Gasteiger partial charge in [0, 0.05) is 5.41 Å². The Bertz CT molecular complexity index is 892. The number of hydrogen-bond donors (Lipinski definition) is 1. The summed E-state index contributed by atoms with van der Waals surface area (Å²) >= 11 is 1.55. The van der Waals surface area contributed by atoms with Crippen LogP contribution >= 0.6 is 11.3 Å². The number of para-hydroxylation sites is 2. The van der Waals surface area contributed by atoms with Gasteiger partial charge in [-0.15, -0.1) is 10.2 Å². The molecule has 28 heavy (non-hydrogen) atoms. The third kappa shape index (κ3) is 2.70. The molecule has 7 rings (SSSR count). The van der Waals surface area contributed by atoms with Gasteiger partial charge < -0.3 is 9.47 Å². The Hall–Kier alpha value is -2.15. The molecule has 0 spiro atoms. The molecule has 1 aliphatic heterocycles. The van der Waals surface area contributed by atoms with Crippen LogP contribution < -0.4 is 14.8 Å². The summed E-state index contributed by atoms with van der Waals surface area (Å²) in [4.78, 5) is 12.7. The molecule has 146 valence electrons. The van der Waals surface area contributed by atoms with Crippen LogP contribution in [0.25, 0.3) is 0 Å². The zero-order valence-corrected chi connectivity index (χ0v) is 16.4. The molecule has 0 radical (unpaired) electrons. The minimum Gasteiger partial charge on any atom is -0.485 e. The molecule has 1 atom stereocenters. The van der Waals surface area contributed by atoms with Gasteiger partial charge in [0.05, 0.1) is 0 Å². The predicted octanol–water partition coefficient (Wildman–Crippen LogP) is 3.78. The van der Waals surface area contributed by atoms with E-state index in [1.165, 1.54) is 38.5 Å². The third-order valence-corrected chi connectivity index (χ3v) is 8.03. The molecule has 0 unspecified atom stereocenters. The highest BCUT2D eigenvalue weighted by molar-refractivity contribution is 7.15. The van der Waals surface area contributed by atoms with E-state index in [1.54, 1.807) is 11.3 Å². The van der Waals surface area contributed by atoms with E-state index in [4.69, 9.17) is 9.47 Å². The van der Waals surface area contributed by atoms with E-state index in [2.05, 4.69) is 15.5 Å². The summed E-state index contributed by atoms with van der Waals surface area (Å²) in [6.07, 6.45) is 7.28. The molecule has 6 nitrogen and oxygen atoms in total. The van der Waals surface area contributed by atoms with Crippen molar-refractivity contribution in [3.05, 3.63) is 29.3 Å². The molecule has 0 saturated heterocycles. The lowest BCUT2D eigenvalue weighted by molar-refractivity contribution is -0.125. The van der Waals surface area contributed by atoms with Crippen LogP contribution in [0, 0.1) is 17.8 Å². The lowest BCUT2D eigenvalue weighted by atomic mass is 9.50.